The third kappa shape index (κ3) is 6.57. The van der Waals surface area contributed by atoms with E-state index in [-0.39, 0.29) is 5.91 Å². The normalized spacial score (nSPS) is 21.1. The molecule has 5 nitrogen and oxygen atoms in total. The fourth-order valence-electron chi connectivity index (χ4n) is 6.15. The van der Waals surface area contributed by atoms with Crippen LogP contribution in [0.4, 0.5) is 0 Å². The number of fused-ring (bicyclic) bond motifs is 1. The maximum atomic E-state index is 13.2. The maximum absolute atomic E-state index is 13.2. The van der Waals surface area contributed by atoms with Crippen molar-refractivity contribution in [3.63, 3.8) is 0 Å². The van der Waals surface area contributed by atoms with Gasteiger partial charge >= 0.3 is 0 Å². The van der Waals surface area contributed by atoms with Gasteiger partial charge in [0.15, 0.2) is 0 Å². The molecule has 0 spiro atoms. The van der Waals surface area contributed by atoms with Crippen molar-refractivity contribution in [1.82, 2.24) is 14.7 Å². The van der Waals surface area contributed by atoms with Crippen LogP contribution in [0.25, 0.3) is 10.8 Å². The van der Waals surface area contributed by atoms with Crippen molar-refractivity contribution in [2.75, 3.05) is 45.9 Å². The number of carbonyl (C=O) groups excluding carboxylic acids is 1. The van der Waals surface area contributed by atoms with E-state index in [0.717, 1.165) is 80.8 Å². The molecule has 0 aromatic heterocycles. The van der Waals surface area contributed by atoms with Gasteiger partial charge < -0.3 is 9.64 Å². The first kappa shape index (κ1) is 26.7. The maximum Gasteiger partial charge on any atom is 0.254 e. The Kier molecular flexibility index (Phi) is 8.98. The number of piperidine rings is 1. The minimum atomic E-state index is 0.150. The van der Waals surface area contributed by atoms with Crippen molar-refractivity contribution in [3.05, 3.63) is 77.9 Å². The molecule has 2 fully saturated rings. The Hall–Kier alpha value is -2.89. The topological polar surface area (TPSA) is 36.0 Å². The smallest absolute Gasteiger partial charge is 0.254 e. The minimum Gasteiger partial charge on any atom is -0.494 e. The zero-order valence-electron chi connectivity index (χ0n) is 23.1. The van der Waals surface area contributed by atoms with Crippen LogP contribution in [0.5, 0.6) is 5.75 Å². The second-order valence-corrected chi connectivity index (χ2v) is 11.1. The Morgan fingerprint density at radius 1 is 0.842 bits per heavy atom. The SMILES string of the molecule is CC1CCCC(C)N1CCCOc1ccc(CCN2CCN(C(=O)c3cccc4ccccc34)CC2)cc1. The molecule has 2 atom stereocenters. The molecule has 2 aliphatic rings. The summed E-state index contributed by atoms with van der Waals surface area (Å²) in [6.45, 7) is 11.1. The molecule has 1 amide bonds. The Balaban J connectivity index is 1.02. The summed E-state index contributed by atoms with van der Waals surface area (Å²) in [4.78, 5) is 20.4. The van der Waals surface area contributed by atoms with Crippen LogP contribution in [0.1, 0.15) is 55.5 Å². The average molecular weight is 514 g/mol. The number of likely N-dealkylation sites (tertiary alicyclic amines) is 1. The van der Waals surface area contributed by atoms with E-state index in [1.165, 1.54) is 24.8 Å². The molecule has 2 unspecified atom stereocenters. The van der Waals surface area contributed by atoms with Gasteiger partial charge in [-0.1, -0.05) is 55.0 Å². The molecule has 5 rings (SSSR count). The molecule has 2 aliphatic heterocycles. The molecule has 202 valence electrons. The number of hydrogen-bond donors (Lipinski definition) is 0. The summed E-state index contributed by atoms with van der Waals surface area (Å²) in [5.74, 6) is 1.12. The van der Waals surface area contributed by atoms with Gasteiger partial charge in [-0.3, -0.25) is 14.6 Å². The summed E-state index contributed by atoms with van der Waals surface area (Å²) in [5.41, 5.74) is 2.15. The van der Waals surface area contributed by atoms with E-state index in [1.807, 2.05) is 35.2 Å². The van der Waals surface area contributed by atoms with Gasteiger partial charge in [0.25, 0.3) is 5.91 Å². The first-order chi connectivity index (χ1) is 18.6. The van der Waals surface area contributed by atoms with Gasteiger partial charge in [-0.2, -0.15) is 0 Å². The van der Waals surface area contributed by atoms with Gasteiger partial charge in [-0.05, 0) is 74.1 Å². The summed E-state index contributed by atoms with van der Waals surface area (Å²) in [6.07, 6.45) is 6.11. The van der Waals surface area contributed by atoms with Crippen LogP contribution >= 0.6 is 0 Å². The highest BCUT2D eigenvalue weighted by atomic mass is 16.5. The van der Waals surface area contributed by atoms with Crippen LogP contribution in [0.15, 0.2) is 66.7 Å². The number of ether oxygens (including phenoxy) is 1. The fourth-order valence-corrected chi connectivity index (χ4v) is 6.15. The summed E-state index contributed by atoms with van der Waals surface area (Å²) in [6, 6.07) is 24.2. The second kappa shape index (κ2) is 12.8. The first-order valence-corrected chi connectivity index (χ1v) is 14.6. The predicted molar refractivity (Wildman–Crippen MR) is 156 cm³/mol. The average Bonchev–Trinajstić information content (AvgIpc) is 2.95. The zero-order chi connectivity index (χ0) is 26.3. The number of piperazine rings is 1. The summed E-state index contributed by atoms with van der Waals surface area (Å²) in [7, 11) is 0. The molecule has 0 radical (unpaired) electrons. The molecule has 3 aromatic rings. The van der Waals surface area contributed by atoms with Gasteiger partial charge in [-0.15, -0.1) is 0 Å². The Labute approximate surface area is 228 Å². The van der Waals surface area contributed by atoms with Crippen molar-refractivity contribution in [1.29, 1.82) is 0 Å². The first-order valence-electron chi connectivity index (χ1n) is 14.6. The van der Waals surface area contributed by atoms with Gasteiger partial charge in [0.05, 0.1) is 6.61 Å². The van der Waals surface area contributed by atoms with Crippen molar-refractivity contribution in [2.45, 2.75) is 58.0 Å². The molecule has 5 heteroatoms. The number of benzene rings is 3. The van der Waals surface area contributed by atoms with Crippen molar-refractivity contribution >= 4 is 16.7 Å². The summed E-state index contributed by atoms with van der Waals surface area (Å²) >= 11 is 0. The molecule has 3 aromatic carbocycles. The van der Waals surface area contributed by atoms with Gasteiger partial charge in [-0.25, -0.2) is 0 Å². The zero-order valence-corrected chi connectivity index (χ0v) is 23.1. The molecule has 38 heavy (non-hydrogen) atoms. The highest BCUT2D eigenvalue weighted by Gasteiger charge is 2.24. The Bertz CT molecular complexity index is 1170. The summed E-state index contributed by atoms with van der Waals surface area (Å²) in [5, 5.41) is 2.16. The van der Waals surface area contributed by atoms with Crippen LogP contribution < -0.4 is 4.74 Å². The fraction of sp³-hybridized carbons (Fsp3) is 0.485. The number of hydrogen-bond acceptors (Lipinski definition) is 4. The van der Waals surface area contributed by atoms with Crippen LogP contribution in [0, 0.1) is 0 Å². The molecular weight excluding hydrogens is 470 g/mol. The lowest BCUT2D eigenvalue weighted by Crippen LogP contribution is -2.49. The minimum absolute atomic E-state index is 0.150. The van der Waals surface area contributed by atoms with Crippen LogP contribution in [-0.2, 0) is 6.42 Å². The van der Waals surface area contributed by atoms with Crippen LogP contribution in [0.2, 0.25) is 0 Å². The number of amides is 1. The number of nitrogens with zero attached hydrogens (tertiary/aromatic N) is 3. The van der Waals surface area contributed by atoms with E-state index in [9.17, 15) is 4.79 Å². The number of rotatable bonds is 9. The Morgan fingerprint density at radius 3 is 2.32 bits per heavy atom. The third-order valence-corrected chi connectivity index (χ3v) is 8.53. The quantitative estimate of drug-likeness (QED) is 0.335. The molecule has 0 N–H and O–H groups in total. The lowest BCUT2D eigenvalue weighted by Gasteiger charge is -2.39. The van der Waals surface area contributed by atoms with E-state index in [2.05, 4.69) is 60.0 Å². The highest BCUT2D eigenvalue weighted by Crippen LogP contribution is 2.23. The van der Waals surface area contributed by atoms with E-state index < -0.39 is 0 Å². The largest absolute Gasteiger partial charge is 0.494 e. The summed E-state index contributed by atoms with van der Waals surface area (Å²) < 4.78 is 6.04. The van der Waals surface area contributed by atoms with Crippen molar-refractivity contribution < 1.29 is 9.53 Å². The number of carbonyl (C=O) groups is 1. The van der Waals surface area contributed by atoms with E-state index >= 15 is 0 Å². The van der Waals surface area contributed by atoms with Crippen LogP contribution in [0.3, 0.4) is 0 Å². The molecular formula is C33H43N3O2. The molecule has 2 heterocycles. The van der Waals surface area contributed by atoms with Crippen LogP contribution in [-0.4, -0.2) is 78.6 Å². The van der Waals surface area contributed by atoms with Gasteiger partial charge in [0.1, 0.15) is 5.75 Å². The van der Waals surface area contributed by atoms with Crippen molar-refractivity contribution in [3.8, 4) is 5.75 Å². The highest BCUT2D eigenvalue weighted by molar-refractivity contribution is 6.07. The molecule has 2 saturated heterocycles. The van der Waals surface area contributed by atoms with Gasteiger partial charge in [0, 0.05) is 56.9 Å². The van der Waals surface area contributed by atoms with E-state index in [4.69, 9.17) is 4.74 Å². The second-order valence-electron chi connectivity index (χ2n) is 11.1. The Morgan fingerprint density at radius 2 is 1.55 bits per heavy atom. The monoisotopic (exact) mass is 513 g/mol. The predicted octanol–water partition coefficient (Wildman–Crippen LogP) is 5.87. The lowest BCUT2D eigenvalue weighted by molar-refractivity contribution is 0.0640. The van der Waals surface area contributed by atoms with E-state index in [1.54, 1.807) is 0 Å². The molecule has 0 saturated carbocycles. The standard InChI is InChI=1S/C33H43N3O2/c1-26-8-5-9-27(2)36(26)19-7-25-38-30-16-14-28(15-17-30)18-20-34-21-23-35(24-22-34)33(37)32-13-6-11-29-10-3-4-12-31(29)32/h3-4,6,10-17,26-27H,5,7-9,18-25H2,1-2H3. The lowest BCUT2D eigenvalue weighted by atomic mass is 9.97. The van der Waals surface area contributed by atoms with E-state index in [0.29, 0.717) is 12.1 Å². The third-order valence-electron chi connectivity index (χ3n) is 8.53. The molecule has 0 aliphatic carbocycles. The van der Waals surface area contributed by atoms with Gasteiger partial charge in [0.2, 0.25) is 0 Å². The molecule has 0 bridgehead atoms. The van der Waals surface area contributed by atoms with Crippen molar-refractivity contribution in [2.24, 2.45) is 0 Å².